The van der Waals surface area contributed by atoms with Crippen molar-refractivity contribution in [2.45, 2.75) is 37.8 Å². The fraction of sp³-hybridized carbons (Fsp3) is 0.875. The number of hydrogen-bond donors (Lipinski definition) is 2. The van der Waals surface area contributed by atoms with Crippen LogP contribution in [-0.4, -0.2) is 23.2 Å². The molecule has 1 amide bonds. The topological polar surface area (TPSA) is 49.3 Å². The summed E-state index contributed by atoms with van der Waals surface area (Å²) in [5, 5.41) is 12.2. The van der Waals surface area contributed by atoms with E-state index in [4.69, 9.17) is 0 Å². The molecule has 3 heteroatoms. The number of amides is 1. The van der Waals surface area contributed by atoms with E-state index in [-0.39, 0.29) is 12.0 Å². The molecule has 3 atom stereocenters. The highest BCUT2D eigenvalue weighted by molar-refractivity contribution is 5.79. The highest BCUT2D eigenvalue weighted by Gasteiger charge is 2.36. The van der Waals surface area contributed by atoms with E-state index in [9.17, 15) is 9.90 Å². The normalized spacial score (nSPS) is 43.4. The van der Waals surface area contributed by atoms with Gasteiger partial charge in [-0.2, -0.15) is 0 Å². The maximum Gasteiger partial charge on any atom is 0.220 e. The Kier molecular flexibility index (Phi) is 1.60. The van der Waals surface area contributed by atoms with E-state index in [0.717, 1.165) is 19.3 Å². The molecule has 1 aliphatic carbocycles. The fourth-order valence-corrected chi connectivity index (χ4v) is 2.16. The van der Waals surface area contributed by atoms with E-state index < -0.39 is 0 Å². The van der Waals surface area contributed by atoms with Crippen molar-refractivity contribution < 1.29 is 9.90 Å². The third kappa shape index (κ3) is 1.25. The van der Waals surface area contributed by atoms with Crippen LogP contribution in [-0.2, 0) is 4.79 Å². The monoisotopic (exact) mass is 155 g/mol. The molecule has 1 saturated carbocycles. The van der Waals surface area contributed by atoms with Crippen molar-refractivity contribution in [1.29, 1.82) is 0 Å². The molecule has 0 bridgehead atoms. The Bertz CT molecular complexity index is 181. The maximum absolute atomic E-state index is 10.9. The second kappa shape index (κ2) is 2.48. The summed E-state index contributed by atoms with van der Waals surface area (Å²) < 4.78 is 0. The van der Waals surface area contributed by atoms with Gasteiger partial charge in [0.1, 0.15) is 0 Å². The van der Waals surface area contributed by atoms with Gasteiger partial charge in [0.25, 0.3) is 0 Å². The van der Waals surface area contributed by atoms with Gasteiger partial charge in [-0.1, -0.05) is 0 Å². The average molecular weight is 155 g/mol. The lowest BCUT2D eigenvalue weighted by Gasteiger charge is -2.27. The lowest BCUT2D eigenvalue weighted by Crippen LogP contribution is -2.35. The average Bonchev–Trinajstić information content (AvgIpc) is 2.27. The Hall–Kier alpha value is -0.570. The van der Waals surface area contributed by atoms with Crippen LogP contribution in [0, 0.1) is 5.92 Å². The quantitative estimate of drug-likeness (QED) is 0.518. The summed E-state index contributed by atoms with van der Waals surface area (Å²) in [7, 11) is 0. The minimum atomic E-state index is -0.163. The maximum atomic E-state index is 10.9. The molecule has 62 valence electrons. The molecule has 2 N–H and O–H groups in total. The summed E-state index contributed by atoms with van der Waals surface area (Å²) in [5.41, 5.74) is 0. The molecule has 1 aliphatic heterocycles. The van der Waals surface area contributed by atoms with Gasteiger partial charge in [0.15, 0.2) is 0 Å². The van der Waals surface area contributed by atoms with E-state index in [1.807, 2.05) is 0 Å². The zero-order valence-corrected chi connectivity index (χ0v) is 6.42. The Balaban J connectivity index is 2.02. The number of aliphatic hydroxyl groups is 1. The van der Waals surface area contributed by atoms with Crippen LogP contribution in [0.1, 0.15) is 25.7 Å². The van der Waals surface area contributed by atoms with Gasteiger partial charge in [0, 0.05) is 12.5 Å². The Labute approximate surface area is 65.8 Å². The van der Waals surface area contributed by atoms with Crippen molar-refractivity contribution in [1.82, 2.24) is 5.32 Å². The number of rotatable bonds is 0. The van der Waals surface area contributed by atoms with E-state index in [1.54, 1.807) is 0 Å². The summed E-state index contributed by atoms with van der Waals surface area (Å²) >= 11 is 0. The molecule has 0 unspecified atom stereocenters. The van der Waals surface area contributed by atoms with Crippen molar-refractivity contribution in [2.75, 3.05) is 0 Å². The molecule has 2 fully saturated rings. The lowest BCUT2D eigenvalue weighted by atomic mass is 9.84. The van der Waals surface area contributed by atoms with Gasteiger partial charge in [0.05, 0.1) is 6.10 Å². The first-order valence-corrected chi connectivity index (χ1v) is 4.23. The predicted octanol–water partition coefficient (Wildman–Crippen LogP) is 0.0359. The van der Waals surface area contributed by atoms with Crippen LogP contribution in [0.25, 0.3) is 0 Å². The number of nitrogens with one attached hydrogen (secondary N) is 1. The van der Waals surface area contributed by atoms with Crippen LogP contribution in [0.5, 0.6) is 0 Å². The van der Waals surface area contributed by atoms with Gasteiger partial charge in [-0.05, 0) is 25.2 Å². The number of aliphatic hydroxyl groups excluding tert-OH is 1. The summed E-state index contributed by atoms with van der Waals surface area (Å²) in [5.74, 6) is 0.570. The molecule has 11 heavy (non-hydrogen) atoms. The van der Waals surface area contributed by atoms with Crippen molar-refractivity contribution in [3.63, 3.8) is 0 Å². The molecule has 0 aromatic carbocycles. The van der Waals surface area contributed by atoms with Crippen LogP contribution in [0.3, 0.4) is 0 Å². The number of carbonyl (C=O) groups is 1. The largest absolute Gasteiger partial charge is 0.393 e. The van der Waals surface area contributed by atoms with Crippen LogP contribution in [0.4, 0.5) is 0 Å². The zero-order chi connectivity index (χ0) is 7.84. The van der Waals surface area contributed by atoms with Crippen LogP contribution < -0.4 is 5.32 Å². The number of hydrogen-bond acceptors (Lipinski definition) is 2. The molecule has 1 heterocycles. The predicted molar refractivity (Wildman–Crippen MR) is 39.9 cm³/mol. The molecule has 0 aromatic heterocycles. The molecular formula is C8H13NO2. The minimum absolute atomic E-state index is 0.161. The molecule has 1 saturated heterocycles. The number of carbonyl (C=O) groups excluding carboxylic acids is 1. The second-order valence-electron chi connectivity index (χ2n) is 3.61. The molecule has 0 aromatic rings. The second-order valence-corrected chi connectivity index (χ2v) is 3.61. The van der Waals surface area contributed by atoms with Gasteiger partial charge >= 0.3 is 0 Å². The van der Waals surface area contributed by atoms with E-state index in [2.05, 4.69) is 5.32 Å². The molecule has 0 spiro atoms. The molecule has 3 nitrogen and oxygen atoms in total. The SMILES string of the molecule is O=C1C[C@@H]2C[C@H](O)CC[C@@H]2N1. The van der Waals surface area contributed by atoms with E-state index in [1.165, 1.54) is 0 Å². The molecule has 0 radical (unpaired) electrons. The summed E-state index contributed by atoms with van der Waals surface area (Å²) in [4.78, 5) is 10.9. The molecule has 2 aliphatic rings. The molecule has 2 rings (SSSR count). The highest BCUT2D eigenvalue weighted by atomic mass is 16.3. The number of fused-ring (bicyclic) bond motifs is 1. The van der Waals surface area contributed by atoms with Crippen LogP contribution in [0.15, 0.2) is 0 Å². The third-order valence-corrected chi connectivity index (χ3v) is 2.75. The fourth-order valence-electron chi connectivity index (χ4n) is 2.16. The zero-order valence-electron chi connectivity index (χ0n) is 6.42. The van der Waals surface area contributed by atoms with Crippen molar-refractivity contribution >= 4 is 5.91 Å². The van der Waals surface area contributed by atoms with Crippen LogP contribution >= 0.6 is 0 Å². The van der Waals surface area contributed by atoms with Crippen LogP contribution in [0.2, 0.25) is 0 Å². The van der Waals surface area contributed by atoms with E-state index >= 15 is 0 Å². The lowest BCUT2D eigenvalue weighted by molar-refractivity contribution is -0.119. The Morgan fingerprint density at radius 1 is 1.45 bits per heavy atom. The Morgan fingerprint density at radius 3 is 3.09 bits per heavy atom. The molecular weight excluding hydrogens is 142 g/mol. The highest BCUT2D eigenvalue weighted by Crippen LogP contribution is 2.30. The minimum Gasteiger partial charge on any atom is -0.393 e. The van der Waals surface area contributed by atoms with Crippen molar-refractivity contribution in [3.05, 3.63) is 0 Å². The Morgan fingerprint density at radius 2 is 2.27 bits per heavy atom. The van der Waals surface area contributed by atoms with Gasteiger partial charge in [-0.15, -0.1) is 0 Å². The first-order chi connectivity index (χ1) is 5.25. The first-order valence-electron chi connectivity index (χ1n) is 4.23. The van der Waals surface area contributed by atoms with Gasteiger partial charge in [0.2, 0.25) is 5.91 Å². The van der Waals surface area contributed by atoms with Gasteiger partial charge < -0.3 is 10.4 Å². The van der Waals surface area contributed by atoms with E-state index in [0.29, 0.717) is 18.4 Å². The smallest absolute Gasteiger partial charge is 0.220 e. The first kappa shape index (κ1) is 7.10. The van der Waals surface area contributed by atoms with Gasteiger partial charge in [-0.25, -0.2) is 0 Å². The van der Waals surface area contributed by atoms with Crippen molar-refractivity contribution in [3.8, 4) is 0 Å². The summed E-state index contributed by atoms with van der Waals surface area (Å²) in [6.07, 6.45) is 3.08. The summed E-state index contributed by atoms with van der Waals surface area (Å²) in [6, 6.07) is 0.367. The standard InChI is InChI=1S/C8H13NO2/c10-6-1-2-7-5(3-6)4-8(11)9-7/h5-7,10H,1-4H2,(H,9,11)/t5-,6+,7-/m0/s1. The van der Waals surface area contributed by atoms with Gasteiger partial charge in [-0.3, -0.25) is 4.79 Å². The summed E-state index contributed by atoms with van der Waals surface area (Å²) in [6.45, 7) is 0. The third-order valence-electron chi connectivity index (χ3n) is 2.75. The van der Waals surface area contributed by atoms with Crippen molar-refractivity contribution in [2.24, 2.45) is 5.92 Å².